The minimum Gasteiger partial charge on any atom is -0.373 e. The molecule has 2 N–H and O–H groups in total. The minimum absolute atomic E-state index is 0.0579. The van der Waals surface area contributed by atoms with Gasteiger partial charge in [-0.05, 0) is 38.3 Å². The molecule has 1 aliphatic carbocycles. The molecule has 2 rings (SSSR count). The number of nitrogens with one attached hydrogen (secondary N) is 2. The SMILES string of the molecule is CCCOC1(CN=C(NCC)NCCc2ccccn2)CCCCC1. The average molecular weight is 347 g/mol. The second kappa shape index (κ2) is 11.1. The molecule has 0 atom stereocenters. The van der Waals surface area contributed by atoms with Crippen LogP contribution in [0.4, 0.5) is 0 Å². The Balaban J connectivity index is 1.89. The van der Waals surface area contributed by atoms with E-state index in [0.717, 1.165) is 63.6 Å². The maximum Gasteiger partial charge on any atom is 0.191 e. The van der Waals surface area contributed by atoms with Gasteiger partial charge < -0.3 is 15.4 Å². The first-order valence-electron chi connectivity index (χ1n) is 9.84. The Hall–Kier alpha value is -1.62. The van der Waals surface area contributed by atoms with Gasteiger partial charge in [-0.15, -0.1) is 0 Å². The van der Waals surface area contributed by atoms with Crippen LogP contribution in [0.1, 0.15) is 58.1 Å². The van der Waals surface area contributed by atoms with Crippen LogP contribution in [0.15, 0.2) is 29.4 Å². The van der Waals surface area contributed by atoms with E-state index in [1.54, 1.807) is 0 Å². The highest BCUT2D eigenvalue weighted by Gasteiger charge is 2.32. The normalized spacial score (nSPS) is 17.3. The third-order valence-electron chi connectivity index (χ3n) is 4.65. The van der Waals surface area contributed by atoms with E-state index in [9.17, 15) is 0 Å². The van der Waals surface area contributed by atoms with Crippen molar-refractivity contribution in [3.8, 4) is 0 Å². The Kier molecular flexibility index (Phi) is 8.73. The Morgan fingerprint density at radius 1 is 1.20 bits per heavy atom. The van der Waals surface area contributed by atoms with Crippen LogP contribution in [0.25, 0.3) is 0 Å². The number of pyridine rings is 1. The summed E-state index contributed by atoms with van der Waals surface area (Å²) in [6.07, 6.45) is 9.88. The first-order valence-corrected chi connectivity index (χ1v) is 9.84. The van der Waals surface area contributed by atoms with Crippen LogP contribution in [0, 0.1) is 0 Å². The first-order chi connectivity index (χ1) is 12.3. The summed E-state index contributed by atoms with van der Waals surface area (Å²) in [6.45, 7) is 7.53. The van der Waals surface area contributed by atoms with Crippen LogP contribution >= 0.6 is 0 Å². The summed E-state index contributed by atoms with van der Waals surface area (Å²) in [6, 6.07) is 6.03. The zero-order chi connectivity index (χ0) is 17.8. The molecule has 1 heterocycles. The fourth-order valence-corrected chi connectivity index (χ4v) is 3.28. The largest absolute Gasteiger partial charge is 0.373 e. The highest BCUT2D eigenvalue weighted by Crippen LogP contribution is 2.32. The van der Waals surface area contributed by atoms with Gasteiger partial charge in [0.25, 0.3) is 0 Å². The Morgan fingerprint density at radius 3 is 2.72 bits per heavy atom. The standard InChI is InChI=1S/C20H34N4O/c1-3-16-25-20(12-7-5-8-13-20)17-24-19(21-4-2)23-15-11-18-10-6-9-14-22-18/h6,9-10,14H,3-5,7-8,11-13,15-17H2,1-2H3,(H2,21,23,24). The molecule has 0 bridgehead atoms. The van der Waals surface area contributed by atoms with Crippen molar-refractivity contribution in [3.63, 3.8) is 0 Å². The number of hydrogen-bond acceptors (Lipinski definition) is 3. The summed E-state index contributed by atoms with van der Waals surface area (Å²) in [5.74, 6) is 0.878. The molecule has 25 heavy (non-hydrogen) atoms. The number of aromatic nitrogens is 1. The van der Waals surface area contributed by atoms with Gasteiger partial charge in [0.15, 0.2) is 5.96 Å². The van der Waals surface area contributed by atoms with Crippen molar-refractivity contribution in [2.45, 2.75) is 64.4 Å². The Morgan fingerprint density at radius 2 is 2.04 bits per heavy atom. The van der Waals surface area contributed by atoms with Gasteiger partial charge in [-0.1, -0.05) is 32.3 Å². The topological polar surface area (TPSA) is 58.5 Å². The summed E-state index contributed by atoms with van der Waals surface area (Å²) in [7, 11) is 0. The van der Waals surface area contributed by atoms with Crippen molar-refractivity contribution in [1.29, 1.82) is 0 Å². The van der Waals surface area contributed by atoms with Gasteiger partial charge in [-0.3, -0.25) is 9.98 Å². The van der Waals surface area contributed by atoms with E-state index in [0.29, 0.717) is 0 Å². The molecule has 0 spiro atoms. The first kappa shape index (κ1) is 19.7. The van der Waals surface area contributed by atoms with E-state index in [-0.39, 0.29) is 5.60 Å². The minimum atomic E-state index is -0.0579. The molecule has 1 fully saturated rings. The second-order valence-electron chi connectivity index (χ2n) is 6.79. The van der Waals surface area contributed by atoms with Gasteiger partial charge >= 0.3 is 0 Å². The smallest absolute Gasteiger partial charge is 0.191 e. The summed E-state index contributed by atoms with van der Waals surface area (Å²) in [5, 5.41) is 6.77. The fraction of sp³-hybridized carbons (Fsp3) is 0.700. The highest BCUT2D eigenvalue weighted by atomic mass is 16.5. The van der Waals surface area contributed by atoms with Crippen molar-refractivity contribution >= 4 is 5.96 Å². The molecule has 1 aromatic rings. The van der Waals surface area contributed by atoms with Gasteiger partial charge in [0.1, 0.15) is 0 Å². The molecule has 0 aromatic carbocycles. The van der Waals surface area contributed by atoms with E-state index in [1.807, 2.05) is 18.3 Å². The number of nitrogens with zero attached hydrogens (tertiary/aromatic N) is 2. The van der Waals surface area contributed by atoms with Gasteiger partial charge in [-0.2, -0.15) is 0 Å². The van der Waals surface area contributed by atoms with Crippen LogP contribution in [0.5, 0.6) is 0 Å². The molecule has 1 aliphatic rings. The third-order valence-corrected chi connectivity index (χ3v) is 4.65. The van der Waals surface area contributed by atoms with Gasteiger partial charge in [0.2, 0.25) is 0 Å². The molecule has 0 unspecified atom stereocenters. The van der Waals surface area contributed by atoms with Crippen LogP contribution in [0.3, 0.4) is 0 Å². The molecule has 0 radical (unpaired) electrons. The Bertz CT molecular complexity index is 498. The number of hydrogen-bond donors (Lipinski definition) is 2. The molecular weight excluding hydrogens is 312 g/mol. The predicted molar refractivity (Wildman–Crippen MR) is 104 cm³/mol. The van der Waals surface area contributed by atoms with Crippen molar-refractivity contribution in [2.24, 2.45) is 4.99 Å². The maximum atomic E-state index is 6.25. The number of guanidine groups is 1. The zero-order valence-electron chi connectivity index (χ0n) is 15.9. The molecule has 5 heteroatoms. The summed E-state index contributed by atoms with van der Waals surface area (Å²) in [4.78, 5) is 9.21. The van der Waals surface area contributed by atoms with E-state index < -0.39 is 0 Å². The summed E-state index contributed by atoms with van der Waals surface area (Å²) >= 11 is 0. The van der Waals surface area contributed by atoms with E-state index >= 15 is 0 Å². The monoisotopic (exact) mass is 346 g/mol. The Labute approximate surface area is 152 Å². The molecule has 5 nitrogen and oxygen atoms in total. The van der Waals surface area contributed by atoms with Crippen molar-refractivity contribution in [1.82, 2.24) is 15.6 Å². The molecular formula is C20H34N4O. The molecule has 1 aromatic heterocycles. The average Bonchev–Trinajstić information content (AvgIpc) is 2.66. The van der Waals surface area contributed by atoms with Crippen LogP contribution in [0.2, 0.25) is 0 Å². The van der Waals surface area contributed by atoms with Crippen molar-refractivity contribution < 1.29 is 4.74 Å². The third kappa shape index (κ3) is 7.02. The zero-order valence-corrected chi connectivity index (χ0v) is 15.9. The molecule has 1 saturated carbocycles. The van der Waals surface area contributed by atoms with E-state index in [4.69, 9.17) is 9.73 Å². The fourth-order valence-electron chi connectivity index (χ4n) is 3.28. The molecule has 140 valence electrons. The lowest BCUT2D eigenvalue weighted by Gasteiger charge is -2.36. The molecule has 0 aliphatic heterocycles. The number of rotatable bonds is 9. The molecule has 0 amide bonds. The van der Waals surface area contributed by atoms with Crippen LogP contribution in [-0.4, -0.2) is 42.8 Å². The lowest BCUT2D eigenvalue weighted by molar-refractivity contribution is -0.0624. The van der Waals surface area contributed by atoms with Crippen LogP contribution < -0.4 is 10.6 Å². The maximum absolute atomic E-state index is 6.25. The number of aliphatic imine (C=N–C) groups is 1. The predicted octanol–water partition coefficient (Wildman–Crippen LogP) is 3.31. The lowest BCUT2D eigenvalue weighted by Crippen LogP contribution is -2.43. The summed E-state index contributed by atoms with van der Waals surface area (Å²) < 4.78 is 6.25. The highest BCUT2D eigenvalue weighted by molar-refractivity contribution is 5.79. The molecule has 0 saturated heterocycles. The van der Waals surface area contributed by atoms with Gasteiger partial charge in [0, 0.05) is 38.0 Å². The van der Waals surface area contributed by atoms with E-state index in [2.05, 4.69) is 35.5 Å². The number of ether oxygens (including phenoxy) is 1. The van der Waals surface area contributed by atoms with Gasteiger partial charge in [0.05, 0.1) is 12.1 Å². The van der Waals surface area contributed by atoms with Crippen LogP contribution in [-0.2, 0) is 11.2 Å². The summed E-state index contributed by atoms with van der Waals surface area (Å²) in [5.41, 5.74) is 1.04. The van der Waals surface area contributed by atoms with Crippen molar-refractivity contribution in [2.75, 3.05) is 26.2 Å². The van der Waals surface area contributed by atoms with Crippen molar-refractivity contribution in [3.05, 3.63) is 30.1 Å². The second-order valence-corrected chi connectivity index (χ2v) is 6.79. The van der Waals surface area contributed by atoms with E-state index in [1.165, 1.54) is 19.3 Å². The quantitative estimate of drug-likeness (QED) is 0.532. The van der Waals surface area contributed by atoms with Gasteiger partial charge in [-0.25, -0.2) is 0 Å². The lowest BCUT2D eigenvalue weighted by atomic mass is 9.84.